The fourth-order valence-electron chi connectivity index (χ4n) is 3.87. The second-order valence-electron chi connectivity index (χ2n) is 7.32. The summed E-state index contributed by atoms with van der Waals surface area (Å²) in [6, 6.07) is 20.2. The van der Waals surface area contributed by atoms with Crippen molar-refractivity contribution in [3.8, 4) is 16.8 Å². The number of benzene rings is 3. The molecule has 2 heterocycles. The second-order valence-corrected chi connectivity index (χ2v) is 7.32. The standard InChI is InChI=1S/C24H16F3N3O/c1-29-21-14-28-20-11-10-16(15-6-3-2-4-7-15)12-19(20)22(21)30(23(29)31)18-9-5-8-17(13-18)24(25,26)27/h2-14H,1H3. The minimum atomic E-state index is -4.51. The van der Waals surface area contributed by atoms with Crippen LogP contribution < -0.4 is 5.69 Å². The van der Waals surface area contributed by atoms with Crippen molar-refractivity contribution in [2.45, 2.75) is 6.18 Å². The maximum absolute atomic E-state index is 13.3. The van der Waals surface area contributed by atoms with Crippen LogP contribution in [0, 0.1) is 0 Å². The molecule has 0 radical (unpaired) electrons. The number of aromatic nitrogens is 3. The summed E-state index contributed by atoms with van der Waals surface area (Å²) in [6.07, 6.45) is -2.93. The predicted molar refractivity (Wildman–Crippen MR) is 114 cm³/mol. The number of rotatable bonds is 2. The molecule has 0 amide bonds. The molecule has 5 aromatic rings. The summed E-state index contributed by atoms with van der Waals surface area (Å²) in [7, 11) is 1.59. The van der Waals surface area contributed by atoms with Crippen molar-refractivity contribution in [2.24, 2.45) is 7.05 Å². The summed E-state index contributed by atoms with van der Waals surface area (Å²) >= 11 is 0. The molecule has 2 aromatic heterocycles. The van der Waals surface area contributed by atoms with E-state index in [2.05, 4.69) is 4.98 Å². The van der Waals surface area contributed by atoms with Crippen molar-refractivity contribution < 1.29 is 13.2 Å². The predicted octanol–water partition coefficient (Wildman–Crippen LogP) is 5.56. The van der Waals surface area contributed by atoms with Gasteiger partial charge in [-0.2, -0.15) is 13.2 Å². The molecule has 0 fully saturated rings. The van der Waals surface area contributed by atoms with Gasteiger partial charge in [0.1, 0.15) is 0 Å². The number of aryl methyl sites for hydroxylation is 1. The maximum Gasteiger partial charge on any atom is 0.416 e. The minimum absolute atomic E-state index is 0.156. The number of pyridine rings is 1. The van der Waals surface area contributed by atoms with Crippen LogP contribution in [0.25, 0.3) is 38.8 Å². The Labute approximate surface area is 174 Å². The third kappa shape index (κ3) is 3.09. The average molecular weight is 419 g/mol. The Hall–Kier alpha value is -3.87. The van der Waals surface area contributed by atoms with Gasteiger partial charge >= 0.3 is 11.9 Å². The van der Waals surface area contributed by atoms with Crippen LogP contribution in [0.3, 0.4) is 0 Å². The van der Waals surface area contributed by atoms with E-state index in [-0.39, 0.29) is 5.69 Å². The van der Waals surface area contributed by atoms with Crippen molar-refractivity contribution in [3.05, 3.63) is 95.0 Å². The van der Waals surface area contributed by atoms with Crippen LogP contribution in [0.4, 0.5) is 13.2 Å². The van der Waals surface area contributed by atoms with Crippen LogP contribution in [-0.4, -0.2) is 14.1 Å². The first kappa shape index (κ1) is 19.1. The van der Waals surface area contributed by atoms with Crippen molar-refractivity contribution in [3.63, 3.8) is 0 Å². The first-order chi connectivity index (χ1) is 14.8. The van der Waals surface area contributed by atoms with E-state index in [9.17, 15) is 18.0 Å². The van der Waals surface area contributed by atoms with E-state index >= 15 is 0 Å². The minimum Gasteiger partial charge on any atom is -0.293 e. The van der Waals surface area contributed by atoms with Gasteiger partial charge in [-0.3, -0.25) is 14.1 Å². The van der Waals surface area contributed by atoms with Gasteiger partial charge in [0.25, 0.3) is 0 Å². The fourth-order valence-corrected chi connectivity index (χ4v) is 3.87. The molecule has 0 aliphatic heterocycles. The van der Waals surface area contributed by atoms with E-state index in [0.29, 0.717) is 21.9 Å². The Morgan fingerprint density at radius 3 is 2.39 bits per heavy atom. The molecule has 0 atom stereocenters. The van der Waals surface area contributed by atoms with E-state index in [0.717, 1.165) is 23.3 Å². The quantitative estimate of drug-likeness (QED) is 0.376. The first-order valence-corrected chi connectivity index (χ1v) is 9.58. The van der Waals surface area contributed by atoms with Gasteiger partial charge in [-0.05, 0) is 41.5 Å². The molecule has 31 heavy (non-hydrogen) atoms. The zero-order chi connectivity index (χ0) is 21.8. The number of hydrogen-bond donors (Lipinski definition) is 0. The van der Waals surface area contributed by atoms with Gasteiger partial charge in [0.05, 0.1) is 34.0 Å². The molecule has 5 rings (SSSR count). The van der Waals surface area contributed by atoms with E-state index in [1.54, 1.807) is 13.2 Å². The molecule has 0 aliphatic carbocycles. The lowest BCUT2D eigenvalue weighted by atomic mass is 10.0. The summed E-state index contributed by atoms with van der Waals surface area (Å²) in [4.78, 5) is 17.5. The lowest BCUT2D eigenvalue weighted by Crippen LogP contribution is -2.21. The number of halogens is 3. The van der Waals surface area contributed by atoms with Crippen LogP contribution >= 0.6 is 0 Å². The third-order valence-electron chi connectivity index (χ3n) is 5.42. The summed E-state index contributed by atoms with van der Waals surface area (Å²) in [5.74, 6) is 0. The van der Waals surface area contributed by atoms with Gasteiger partial charge in [-0.15, -0.1) is 0 Å². The van der Waals surface area contributed by atoms with Crippen molar-refractivity contribution in [1.82, 2.24) is 14.1 Å². The van der Waals surface area contributed by atoms with Gasteiger partial charge in [0.15, 0.2) is 0 Å². The van der Waals surface area contributed by atoms with E-state index < -0.39 is 17.4 Å². The number of imidazole rings is 1. The van der Waals surface area contributed by atoms with Crippen molar-refractivity contribution in [2.75, 3.05) is 0 Å². The molecule has 0 unspecified atom stereocenters. The molecule has 0 saturated heterocycles. The zero-order valence-corrected chi connectivity index (χ0v) is 16.4. The Morgan fingerprint density at radius 1 is 0.871 bits per heavy atom. The van der Waals surface area contributed by atoms with E-state index in [1.165, 1.54) is 21.3 Å². The average Bonchev–Trinajstić information content (AvgIpc) is 3.04. The molecular weight excluding hydrogens is 403 g/mol. The van der Waals surface area contributed by atoms with Gasteiger partial charge in [0, 0.05) is 12.4 Å². The molecule has 0 aliphatic rings. The first-order valence-electron chi connectivity index (χ1n) is 9.58. The Bertz CT molecular complexity index is 1500. The molecule has 7 heteroatoms. The molecule has 154 valence electrons. The fraction of sp³-hybridized carbons (Fsp3) is 0.0833. The Balaban J connectivity index is 1.86. The van der Waals surface area contributed by atoms with E-state index in [1.807, 2.05) is 48.5 Å². The highest BCUT2D eigenvalue weighted by molar-refractivity contribution is 6.04. The maximum atomic E-state index is 13.3. The van der Waals surface area contributed by atoms with Crippen LogP contribution in [0.2, 0.25) is 0 Å². The SMILES string of the molecule is Cn1c(=O)n(-c2cccc(C(F)(F)F)c2)c2c3cc(-c4ccccc4)ccc3ncc21. The van der Waals surface area contributed by atoms with Crippen molar-refractivity contribution >= 4 is 21.9 Å². The van der Waals surface area contributed by atoms with Gasteiger partial charge in [-0.25, -0.2) is 4.79 Å². The molecule has 3 aromatic carbocycles. The number of alkyl halides is 3. The molecular formula is C24H16F3N3O. The monoisotopic (exact) mass is 419 g/mol. The van der Waals surface area contributed by atoms with E-state index in [4.69, 9.17) is 0 Å². The summed E-state index contributed by atoms with van der Waals surface area (Å²) in [6.45, 7) is 0. The topological polar surface area (TPSA) is 39.8 Å². The highest BCUT2D eigenvalue weighted by atomic mass is 19.4. The van der Waals surface area contributed by atoms with Crippen LogP contribution in [0.1, 0.15) is 5.56 Å². The van der Waals surface area contributed by atoms with Crippen LogP contribution in [-0.2, 0) is 13.2 Å². The van der Waals surface area contributed by atoms with Crippen LogP contribution in [0.15, 0.2) is 83.8 Å². The van der Waals surface area contributed by atoms with Crippen LogP contribution in [0.5, 0.6) is 0 Å². The lowest BCUT2D eigenvalue weighted by Gasteiger charge is -2.11. The lowest BCUT2D eigenvalue weighted by molar-refractivity contribution is -0.137. The second kappa shape index (κ2) is 6.84. The third-order valence-corrected chi connectivity index (χ3v) is 5.42. The Morgan fingerprint density at radius 2 is 1.65 bits per heavy atom. The van der Waals surface area contributed by atoms with Gasteiger partial charge in [0.2, 0.25) is 0 Å². The summed E-state index contributed by atoms with van der Waals surface area (Å²) < 4.78 is 42.6. The normalized spacial score (nSPS) is 12.0. The molecule has 0 saturated carbocycles. The number of nitrogens with zero attached hydrogens (tertiary/aromatic N) is 3. The smallest absolute Gasteiger partial charge is 0.293 e. The summed E-state index contributed by atoms with van der Waals surface area (Å²) in [5, 5.41) is 0.689. The number of hydrogen-bond acceptors (Lipinski definition) is 2. The van der Waals surface area contributed by atoms with Gasteiger partial charge < -0.3 is 0 Å². The summed E-state index contributed by atoms with van der Waals surface area (Å²) in [5.41, 5.74) is 2.54. The molecule has 0 N–H and O–H groups in total. The number of fused-ring (bicyclic) bond motifs is 3. The highest BCUT2D eigenvalue weighted by Crippen LogP contribution is 2.33. The van der Waals surface area contributed by atoms with Gasteiger partial charge in [-0.1, -0.05) is 42.5 Å². The molecule has 0 bridgehead atoms. The molecule has 4 nitrogen and oxygen atoms in total. The van der Waals surface area contributed by atoms with Crippen molar-refractivity contribution in [1.29, 1.82) is 0 Å². The molecule has 0 spiro atoms. The highest BCUT2D eigenvalue weighted by Gasteiger charge is 2.31. The Kier molecular flexibility index (Phi) is 4.22. The largest absolute Gasteiger partial charge is 0.416 e. The zero-order valence-electron chi connectivity index (χ0n) is 16.4.